The number of methoxy groups -OCH3 is 1. The summed E-state index contributed by atoms with van der Waals surface area (Å²) in [6.07, 6.45) is 4.70. The summed E-state index contributed by atoms with van der Waals surface area (Å²) >= 11 is 0. The predicted octanol–water partition coefficient (Wildman–Crippen LogP) is 2.23. The fourth-order valence-corrected chi connectivity index (χ4v) is 1.30. The van der Waals surface area contributed by atoms with E-state index in [4.69, 9.17) is 4.74 Å². The molecule has 1 aromatic heterocycles. The van der Waals surface area contributed by atoms with E-state index in [0.717, 1.165) is 18.7 Å². The van der Waals surface area contributed by atoms with Gasteiger partial charge in [-0.2, -0.15) is 0 Å². The standard InChI is InChI=1S/C11H18N2O/c1-4-10(8-14-3)13-11-7-12-6-5-9(11)2/h5-7,10,13H,4,8H2,1-3H3. The second-order valence-electron chi connectivity index (χ2n) is 3.40. The molecule has 0 amide bonds. The fourth-order valence-electron chi connectivity index (χ4n) is 1.30. The van der Waals surface area contributed by atoms with E-state index < -0.39 is 0 Å². The van der Waals surface area contributed by atoms with Crippen LogP contribution in [0, 0.1) is 6.92 Å². The lowest BCUT2D eigenvalue weighted by Crippen LogP contribution is -2.24. The smallest absolute Gasteiger partial charge is 0.0663 e. The van der Waals surface area contributed by atoms with Crippen LogP contribution in [0.1, 0.15) is 18.9 Å². The maximum Gasteiger partial charge on any atom is 0.0663 e. The molecule has 14 heavy (non-hydrogen) atoms. The molecular formula is C11H18N2O. The Balaban J connectivity index is 2.62. The van der Waals surface area contributed by atoms with E-state index in [9.17, 15) is 0 Å². The van der Waals surface area contributed by atoms with Crippen molar-refractivity contribution in [1.29, 1.82) is 0 Å². The minimum absolute atomic E-state index is 0.364. The molecule has 1 N–H and O–H groups in total. The van der Waals surface area contributed by atoms with Crippen LogP contribution in [-0.4, -0.2) is 24.7 Å². The quantitative estimate of drug-likeness (QED) is 0.780. The number of aromatic nitrogens is 1. The average molecular weight is 194 g/mol. The largest absolute Gasteiger partial charge is 0.383 e. The normalized spacial score (nSPS) is 12.5. The van der Waals surface area contributed by atoms with Crippen LogP contribution in [0.2, 0.25) is 0 Å². The first-order chi connectivity index (χ1) is 6.77. The monoisotopic (exact) mass is 194 g/mol. The Morgan fingerprint density at radius 3 is 2.93 bits per heavy atom. The zero-order valence-corrected chi connectivity index (χ0v) is 9.08. The first-order valence-electron chi connectivity index (χ1n) is 4.94. The van der Waals surface area contributed by atoms with Crippen LogP contribution < -0.4 is 5.32 Å². The van der Waals surface area contributed by atoms with Gasteiger partial charge in [0, 0.05) is 19.3 Å². The molecule has 1 heterocycles. The van der Waals surface area contributed by atoms with Crippen molar-refractivity contribution in [3.8, 4) is 0 Å². The van der Waals surface area contributed by atoms with Gasteiger partial charge in [0.05, 0.1) is 18.5 Å². The Kier molecular flexibility index (Phi) is 4.40. The van der Waals surface area contributed by atoms with Crippen molar-refractivity contribution in [2.75, 3.05) is 19.0 Å². The summed E-state index contributed by atoms with van der Waals surface area (Å²) in [5.74, 6) is 0. The van der Waals surface area contributed by atoms with Crippen LogP contribution in [0.25, 0.3) is 0 Å². The zero-order chi connectivity index (χ0) is 10.4. The second-order valence-corrected chi connectivity index (χ2v) is 3.40. The predicted molar refractivity (Wildman–Crippen MR) is 58.6 cm³/mol. The van der Waals surface area contributed by atoms with Gasteiger partial charge in [-0.3, -0.25) is 4.98 Å². The van der Waals surface area contributed by atoms with E-state index in [0.29, 0.717) is 6.04 Å². The highest BCUT2D eigenvalue weighted by Gasteiger charge is 2.06. The van der Waals surface area contributed by atoms with Crippen molar-refractivity contribution in [2.24, 2.45) is 0 Å². The minimum atomic E-state index is 0.364. The van der Waals surface area contributed by atoms with Crippen molar-refractivity contribution < 1.29 is 4.74 Å². The van der Waals surface area contributed by atoms with Gasteiger partial charge in [-0.1, -0.05) is 6.92 Å². The van der Waals surface area contributed by atoms with E-state index in [1.54, 1.807) is 13.3 Å². The zero-order valence-electron chi connectivity index (χ0n) is 9.08. The molecule has 1 rings (SSSR count). The molecule has 0 saturated carbocycles. The third kappa shape index (κ3) is 3.00. The highest BCUT2D eigenvalue weighted by atomic mass is 16.5. The summed E-state index contributed by atoms with van der Waals surface area (Å²) in [4.78, 5) is 4.09. The second kappa shape index (κ2) is 5.60. The third-order valence-corrected chi connectivity index (χ3v) is 2.26. The summed E-state index contributed by atoms with van der Waals surface area (Å²) in [5, 5.41) is 3.41. The van der Waals surface area contributed by atoms with Crippen LogP contribution in [0.3, 0.4) is 0 Å². The van der Waals surface area contributed by atoms with Gasteiger partial charge in [-0.25, -0.2) is 0 Å². The van der Waals surface area contributed by atoms with Crippen LogP contribution in [0.15, 0.2) is 18.5 Å². The third-order valence-electron chi connectivity index (χ3n) is 2.26. The summed E-state index contributed by atoms with van der Waals surface area (Å²) < 4.78 is 5.12. The van der Waals surface area contributed by atoms with Crippen molar-refractivity contribution >= 4 is 5.69 Å². The molecular weight excluding hydrogens is 176 g/mol. The molecule has 1 aromatic rings. The molecule has 0 aliphatic carbocycles. The summed E-state index contributed by atoms with van der Waals surface area (Å²) in [6.45, 7) is 4.94. The molecule has 0 spiro atoms. The van der Waals surface area contributed by atoms with Gasteiger partial charge in [-0.15, -0.1) is 0 Å². The number of pyridine rings is 1. The molecule has 3 nitrogen and oxygen atoms in total. The maximum atomic E-state index is 5.12. The molecule has 3 heteroatoms. The van der Waals surface area contributed by atoms with E-state index in [-0.39, 0.29) is 0 Å². The van der Waals surface area contributed by atoms with Crippen molar-refractivity contribution in [3.63, 3.8) is 0 Å². The van der Waals surface area contributed by atoms with Crippen LogP contribution >= 0.6 is 0 Å². The lowest BCUT2D eigenvalue weighted by atomic mass is 10.2. The van der Waals surface area contributed by atoms with Gasteiger partial charge in [0.25, 0.3) is 0 Å². The highest BCUT2D eigenvalue weighted by molar-refractivity contribution is 5.48. The summed E-state index contributed by atoms with van der Waals surface area (Å²) in [5.41, 5.74) is 2.31. The lowest BCUT2D eigenvalue weighted by Gasteiger charge is -2.18. The summed E-state index contributed by atoms with van der Waals surface area (Å²) in [7, 11) is 1.72. The molecule has 0 saturated heterocycles. The number of rotatable bonds is 5. The first kappa shape index (κ1) is 11.0. The van der Waals surface area contributed by atoms with Gasteiger partial charge >= 0.3 is 0 Å². The first-order valence-corrected chi connectivity index (χ1v) is 4.94. The fraction of sp³-hybridized carbons (Fsp3) is 0.545. The average Bonchev–Trinajstić information content (AvgIpc) is 2.20. The SMILES string of the molecule is CCC(COC)Nc1cnccc1C. The molecule has 78 valence electrons. The van der Waals surface area contributed by atoms with E-state index in [2.05, 4.69) is 24.1 Å². The van der Waals surface area contributed by atoms with E-state index in [1.807, 2.05) is 12.3 Å². The van der Waals surface area contributed by atoms with Crippen LogP contribution in [-0.2, 0) is 4.74 Å². The van der Waals surface area contributed by atoms with Crippen molar-refractivity contribution in [1.82, 2.24) is 4.98 Å². The van der Waals surface area contributed by atoms with Gasteiger partial charge < -0.3 is 10.1 Å². The Morgan fingerprint density at radius 1 is 1.57 bits per heavy atom. The molecule has 0 fully saturated rings. The molecule has 0 aliphatic rings. The highest BCUT2D eigenvalue weighted by Crippen LogP contribution is 2.13. The lowest BCUT2D eigenvalue weighted by molar-refractivity contribution is 0.184. The molecule has 0 radical (unpaired) electrons. The molecule has 0 aromatic carbocycles. The van der Waals surface area contributed by atoms with E-state index in [1.165, 1.54) is 5.56 Å². The number of nitrogens with zero attached hydrogens (tertiary/aromatic N) is 1. The minimum Gasteiger partial charge on any atom is -0.383 e. The molecule has 1 atom stereocenters. The number of aryl methyl sites for hydroxylation is 1. The van der Waals surface area contributed by atoms with Crippen LogP contribution in [0.5, 0.6) is 0 Å². The Bertz CT molecular complexity index is 276. The van der Waals surface area contributed by atoms with Crippen LogP contribution in [0.4, 0.5) is 5.69 Å². The number of hydrogen-bond acceptors (Lipinski definition) is 3. The van der Waals surface area contributed by atoms with Crippen molar-refractivity contribution in [3.05, 3.63) is 24.0 Å². The van der Waals surface area contributed by atoms with Gasteiger partial charge in [-0.05, 0) is 25.0 Å². The topological polar surface area (TPSA) is 34.1 Å². The van der Waals surface area contributed by atoms with E-state index >= 15 is 0 Å². The van der Waals surface area contributed by atoms with Gasteiger partial charge in [0.15, 0.2) is 0 Å². The Hall–Kier alpha value is -1.09. The number of anilines is 1. The van der Waals surface area contributed by atoms with Crippen molar-refractivity contribution in [2.45, 2.75) is 26.3 Å². The Morgan fingerprint density at radius 2 is 2.36 bits per heavy atom. The Labute approximate surface area is 85.5 Å². The maximum absolute atomic E-state index is 5.12. The van der Waals surface area contributed by atoms with Gasteiger partial charge in [0.2, 0.25) is 0 Å². The molecule has 0 aliphatic heterocycles. The number of ether oxygens (including phenoxy) is 1. The summed E-state index contributed by atoms with van der Waals surface area (Å²) in [6, 6.07) is 2.37. The molecule has 0 bridgehead atoms. The number of hydrogen-bond donors (Lipinski definition) is 1. The molecule has 1 unspecified atom stereocenters. The number of nitrogens with one attached hydrogen (secondary N) is 1. The van der Waals surface area contributed by atoms with Gasteiger partial charge in [0.1, 0.15) is 0 Å².